The van der Waals surface area contributed by atoms with Crippen molar-refractivity contribution in [2.45, 2.75) is 0 Å². The van der Waals surface area contributed by atoms with Crippen LogP contribution >= 0.6 is 0 Å². The molecule has 0 unspecified atom stereocenters. The molecule has 4 heavy (non-hydrogen) atoms. The molecule has 0 N–H and O–H groups in total. The van der Waals surface area contributed by atoms with Crippen LogP contribution in [0.4, 0.5) is 0 Å². The zero-order valence-corrected chi connectivity index (χ0v) is 4.37. The van der Waals surface area contributed by atoms with Crippen LogP contribution in [0.2, 0.25) is 0 Å². The molecule has 0 rings (SSSR count). The van der Waals surface area contributed by atoms with Crippen LogP contribution in [0.25, 0.3) is 0 Å². The molecule has 0 aliphatic heterocycles. The van der Waals surface area contributed by atoms with Crippen molar-refractivity contribution in [3.8, 4) is 9.38 Å². The Labute approximate surface area is 41.0 Å². The molecule has 0 radical (unpaired) electrons. The van der Waals surface area contributed by atoms with Gasteiger partial charge in [0.25, 0.3) is 0 Å². The molecule has 0 saturated carbocycles. The fourth-order valence-corrected chi connectivity index (χ4v) is 0. The zero-order chi connectivity index (χ0) is 3.41. The van der Waals surface area contributed by atoms with Crippen LogP contribution in [-0.4, -0.2) is 0 Å². The van der Waals surface area contributed by atoms with Crippen LogP contribution < -0.4 is 0 Å². The summed E-state index contributed by atoms with van der Waals surface area (Å²) in [5.74, 6) is 0. The van der Waals surface area contributed by atoms with Crippen molar-refractivity contribution in [3.05, 3.63) is 0 Å². The van der Waals surface area contributed by atoms with Crippen LogP contribution in [0, 0.1) is 9.38 Å². The first-order chi connectivity index (χ1) is 1.91. The number of rotatable bonds is 0. The predicted octanol–water partition coefficient (Wildman–Crippen LogP) is -0.00160. The van der Waals surface area contributed by atoms with Crippen molar-refractivity contribution in [2.75, 3.05) is 0 Å². The maximum absolute atomic E-state index is 2.50. The quantitative estimate of drug-likeness (QED) is 0.430. The van der Waals surface area contributed by atoms with Crippen molar-refractivity contribution in [1.82, 2.24) is 0 Å². The summed E-state index contributed by atoms with van der Waals surface area (Å²) in [6.07, 6.45) is 0. The van der Waals surface area contributed by atoms with E-state index in [0.29, 0.717) is 0 Å². The normalized spacial score (nSPS) is 2.50. The van der Waals surface area contributed by atoms with E-state index in [1.54, 1.807) is 0 Å². The third-order valence-corrected chi connectivity index (χ3v) is 0.708. The van der Waals surface area contributed by atoms with Crippen molar-refractivity contribution in [1.29, 1.82) is 0 Å². The van der Waals surface area contributed by atoms with Crippen LogP contribution in [0.3, 0.4) is 0 Å². The first-order valence-electron chi connectivity index (χ1n) is 0.658. The van der Waals surface area contributed by atoms with Crippen LogP contribution in [0.15, 0.2) is 0 Å². The molecule has 0 aliphatic carbocycles. The van der Waals surface area contributed by atoms with E-state index < -0.39 is 0 Å². The second-order valence-corrected chi connectivity index (χ2v) is 0.842. The Kier molecular flexibility index (Phi) is 4.19. The molecular formula is C2Cr2. The fraction of sp³-hybridized carbons (Fsp3) is 0. The third kappa shape index (κ3) is 2.62. The molecule has 0 saturated heterocycles. The molecular weight excluding hydrogens is 128 g/mol. The Balaban J connectivity index is 3.14. The fourth-order valence-electron chi connectivity index (χ4n) is 0. The van der Waals surface area contributed by atoms with Gasteiger partial charge in [-0.15, -0.1) is 0 Å². The second kappa shape index (κ2) is 3.62. The van der Waals surface area contributed by atoms with E-state index in [0.717, 1.165) is 0 Å². The molecule has 0 atom stereocenters. The molecule has 0 fully saturated rings. The van der Waals surface area contributed by atoms with E-state index in [1.807, 2.05) is 0 Å². The van der Waals surface area contributed by atoms with E-state index >= 15 is 0 Å². The summed E-state index contributed by atoms with van der Waals surface area (Å²) in [5, 5.41) is 0. The standard InChI is InChI=1S/C2.2Cr/c1-2;;. The van der Waals surface area contributed by atoms with E-state index in [4.69, 9.17) is 0 Å². The molecule has 0 aromatic carbocycles. The summed E-state index contributed by atoms with van der Waals surface area (Å²) >= 11 is 5.00. The molecule has 0 bridgehead atoms. The van der Waals surface area contributed by atoms with Gasteiger partial charge in [0.15, 0.2) is 0 Å². The van der Waals surface area contributed by atoms with Gasteiger partial charge in [-0.25, -0.2) is 0 Å². The Morgan fingerprint density at radius 2 is 1.25 bits per heavy atom. The number of hydrogen-bond acceptors (Lipinski definition) is 0. The minimum absolute atomic E-state index is 2.50. The maximum atomic E-state index is 2.50. The Morgan fingerprint density at radius 1 is 1.00 bits per heavy atom. The van der Waals surface area contributed by atoms with Crippen LogP contribution in [-0.2, 0) is 31.3 Å². The SMILES string of the molecule is [Cr]#[C][C]#[Cr]. The predicted molar refractivity (Wildman–Crippen MR) is 7.78 cm³/mol. The molecule has 0 amide bonds. The van der Waals surface area contributed by atoms with Gasteiger partial charge in [-0.1, -0.05) is 0 Å². The Hall–Kier alpha value is 0.625. The van der Waals surface area contributed by atoms with E-state index in [2.05, 4.69) is 40.7 Å². The van der Waals surface area contributed by atoms with E-state index in [-0.39, 0.29) is 0 Å². The summed E-state index contributed by atoms with van der Waals surface area (Å²) in [6.45, 7) is 0. The second-order valence-electron chi connectivity index (χ2n) is 0.204. The van der Waals surface area contributed by atoms with Gasteiger partial charge in [0, 0.05) is 0 Å². The molecule has 0 nitrogen and oxygen atoms in total. The first kappa shape index (κ1) is 4.62. The van der Waals surface area contributed by atoms with Gasteiger partial charge in [0.1, 0.15) is 0 Å². The topological polar surface area (TPSA) is 0 Å². The van der Waals surface area contributed by atoms with Gasteiger partial charge in [-0.05, 0) is 0 Å². The van der Waals surface area contributed by atoms with E-state index in [1.165, 1.54) is 0 Å². The molecule has 0 aromatic rings. The summed E-state index contributed by atoms with van der Waals surface area (Å²) in [5.41, 5.74) is 0. The first-order valence-corrected chi connectivity index (χ1v) is 1.93. The summed E-state index contributed by atoms with van der Waals surface area (Å²) in [6, 6.07) is 0. The Bertz CT molecular complexity index is 59.0. The monoisotopic (exact) mass is 128 g/mol. The molecule has 0 spiro atoms. The average Bonchev–Trinajstić information content (AvgIpc) is 1.37. The Morgan fingerprint density at radius 3 is 1.25 bits per heavy atom. The molecule has 0 aromatic heterocycles. The van der Waals surface area contributed by atoms with Gasteiger partial charge < -0.3 is 0 Å². The van der Waals surface area contributed by atoms with Crippen molar-refractivity contribution < 1.29 is 31.3 Å². The van der Waals surface area contributed by atoms with Gasteiger partial charge in [-0.2, -0.15) is 0 Å². The molecule has 2 heteroatoms. The average molecular weight is 128 g/mol. The van der Waals surface area contributed by atoms with Crippen molar-refractivity contribution in [2.24, 2.45) is 0 Å². The third-order valence-electron chi connectivity index (χ3n) is 0.0417. The van der Waals surface area contributed by atoms with Gasteiger partial charge in [0.05, 0.1) is 0 Å². The van der Waals surface area contributed by atoms with E-state index in [9.17, 15) is 0 Å². The summed E-state index contributed by atoms with van der Waals surface area (Å²) in [4.78, 5) is 0. The van der Waals surface area contributed by atoms with Gasteiger partial charge in [0.2, 0.25) is 0 Å². The van der Waals surface area contributed by atoms with Gasteiger partial charge >= 0.3 is 40.7 Å². The van der Waals surface area contributed by atoms with Crippen LogP contribution in [0.1, 0.15) is 0 Å². The zero-order valence-electron chi connectivity index (χ0n) is 1.82. The molecule has 0 aliphatic rings. The molecule has 20 valence electrons. The van der Waals surface area contributed by atoms with Crippen molar-refractivity contribution in [3.63, 3.8) is 0 Å². The van der Waals surface area contributed by atoms with Crippen molar-refractivity contribution >= 4 is 0 Å². The summed E-state index contributed by atoms with van der Waals surface area (Å²) < 4.78 is 5.00. The minimum atomic E-state index is 2.50. The number of hydrogen-bond donors (Lipinski definition) is 0. The van der Waals surface area contributed by atoms with Crippen LogP contribution in [0.5, 0.6) is 0 Å². The summed E-state index contributed by atoms with van der Waals surface area (Å²) in [7, 11) is 0. The molecule has 0 heterocycles. The van der Waals surface area contributed by atoms with Gasteiger partial charge in [-0.3, -0.25) is 0 Å².